The number of aryl methyl sites for hydroxylation is 1. The van der Waals surface area contributed by atoms with Gasteiger partial charge in [-0.25, -0.2) is 0 Å². The van der Waals surface area contributed by atoms with Crippen molar-refractivity contribution in [2.45, 2.75) is 6.92 Å². The lowest BCUT2D eigenvalue weighted by molar-refractivity contribution is 0.342. The van der Waals surface area contributed by atoms with Gasteiger partial charge in [-0.05, 0) is 25.1 Å². The summed E-state index contributed by atoms with van der Waals surface area (Å²) in [6.45, 7) is 3.06. The highest BCUT2D eigenvalue weighted by molar-refractivity contribution is 6.35. The lowest BCUT2D eigenvalue weighted by atomic mass is 10.2. The van der Waals surface area contributed by atoms with Crippen LogP contribution in [-0.2, 0) is 0 Å². The number of ether oxygens (including phenoxy) is 1. The Balaban J connectivity index is 1.99. The molecule has 0 radical (unpaired) electrons. The summed E-state index contributed by atoms with van der Waals surface area (Å²) in [6, 6.07) is 7.90. The van der Waals surface area contributed by atoms with Crippen LogP contribution in [0.1, 0.15) is 5.56 Å². The van der Waals surface area contributed by atoms with Gasteiger partial charge in [-0.3, -0.25) is 0 Å². The van der Waals surface area contributed by atoms with Crippen molar-refractivity contribution < 1.29 is 4.74 Å². The van der Waals surface area contributed by atoms with E-state index in [2.05, 4.69) is 5.32 Å². The number of nitrogens with one attached hydrogen (secondary N) is 1. The van der Waals surface area contributed by atoms with Crippen molar-refractivity contribution in [3.63, 3.8) is 0 Å². The van der Waals surface area contributed by atoms with Gasteiger partial charge in [0.05, 0.1) is 17.3 Å². The summed E-state index contributed by atoms with van der Waals surface area (Å²) >= 11 is 11.9. The van der Waals surface area contributed by atoms with Crippen LogP contribution in [0.2, 0.25) is 0 Å². The first-order valence-corrected chi connectivity index (χ1v) is 6.09. The normalized spacial score (nSPS) is 15.4. The summed E-state index contributed by atoms with van der Waals surface area (Å²) in [7, 11) is 0. The zero-order valence-corrected chi connectivity index (χ0v) is 11.0. The number of hydrogen-bond donors (Lipinski definition) is 1. The van der Waals surface area contributed by atoms with E-state index < -0.39 is 0 Å². The van der Waals surface area contributed by atoms with Gasteiger partial charge in [0.15, 0.2) is 0 Å². The van der Waals surface area contributed by atoms with Gasteiger partial charge in [-0.1, -0.05) is 40.9 Å². The maximum Gasteiger partial charge on any atom is 0.129 e. The zero-order chi connectivity index (χ0) is 12.3. The van der Waals surface area contributed by atoms with Gasteiger partial charge in [0.2, 0.25) is 0 Å². The van der Waals surface area contributed by atoms with Crippen LogP contribution in [0.25, 0.3) is 0 Å². The summed E-state index contributed by atoms with van der Waals surface area (Å²) in [4.78, 5) is 0. The Hall–Kier alpha value is -1.12. The molecule has 0 bridgehead atoms. The molecular weight excluding hydrogens is 257 g/mol. The zero-order valence-electron chi connectivity index (χ0n) is 9.47. The highest BCUT2D eigenvalue weighted by Crippen LogP contribution is 2.20. The summed E-state index contributed by atoms with van der Waals surface area (Å²) in [6.07, 6.45) is 1.74. The molecule has 1 aromatic carbocycles. The number of allylic oxidation sites excluding steroid dienone is 2. The van der Waals surface area contributed by atoms with Crippen LogP contribution in [0.15, 0.2) is 46.1 Å². The van der Waals surface area contributed by atoms with Crippen LogP contribution in [0.4, 0.5) is 0 Å². The van der Waals surface area contributed by atoms with Crippen molar-refractivity contribution in [2.75, 3.05) is 13.2 Å². The Morgan fingerprint density at radius 1 is 1.24 bits per heavy atom. The summed E-state index contributed by atoms with van der Waals surface area (Å²) in [5.74, 6) is 0.829. The van der Waals surface area contributed by atoms with E-state index in [0.717, 1.165) is 11.4 Å². The Morgan fingerprint density at radius 2 is 1.94 bits per heavy atom. The van der Waals surface area contributed by atoms with Crippen molar-refractivity contribution in [1.82, 2.24) is 5.32 Å². The van der Waals surface area contributed by atoms with Crippen LogP contribution in [0.5, 0.6) is 5.75 Å². The molecule has 0 aromatic heterocycles. The third kappa shape index (κ3) is 3.42. The molecular formula is C13H13Cl2NO. The van der Waals surface area contributed by atoms with E-state index in [0.29, 0.717) is 23.2 Å². The van der Waals surface area contributed by atoms with Crippen molar-refractivity contribution in [1.29, 1.82) is 0 Å². The molecule has 17 heavy (non-hydrogen) atoms. The predicted molar refractivity (Wildman–Crippen MR) is 71.5 cm³/mol. The minimum Gasteiger partial charge on any atom is -0.487 e. The van der Waals surface area contributed by atoms with Gasteiger partial charge in [0.25, 0.3) is 0 Å². The van der Waals surface area contributed by atoms with E-state index in [-0.39, 0.29) is 0 Å². The highest BCUT2D eigenvalue weighted by Gasteiger charge is 2.10. The molecule has 1 aromatic rings. The van der Waals surface area contributed by atoms with Gasteiger partial charge in [-0.2, -0.15) is 0 Å². The predicted octanol–water partition coefficient (Wildman–Crippen LogP) is 3.55. The lowest BCUT2D eigenvalue weighted by Crippen LogP contribution is -2.24. The Morgan fingerprint density at radius 3 is 2.59 bits per heavy atom. The van der Waals surface area contributed by atoms with Crippen LogP contribution < -0.4 is 10.1 Å². The fourth-order valence-corrected chi connectivity index (χ4v) is 1.95. The smallest absolute Gasteiger partial charge is 0.129 e. The first-order chi connectivity index (χ1) is 8.15. The number of halogens is 2. The molecule has 0 saturated carbocycles. The van der Waals surface area contributed by atoms with Crippen LogP contribution in [-0.4, -0.2) is 13.2 Å². The largest absolute Gasteiger partial charge is 0.487 e. The summed E-state index contributed by atoms with van der Waals surface area (Å²) < 4.78 is 5.63. The second-order valence-electron chi connectivity index (χ2n) is 3.87. The van der Waals surface area contributed by atoms with Gasteiger partial charge in [-0.15, -0.1) is 0 Å². The fraction of sp³-hybridized carbons (Fsp3) is 0.231. The molecule has 2 nitrogen and oxygen atoms in total. The third-order valence-electron chi connectivity index (χ3n) is 2.45. The number of rotatable bonds is 3. The number of benzene rings is 1. The van der Waals surface area contributed by atoms with Gasteiger partial charge < -0.3 is 10.1 Å². The van der Waals surface area contributed by atoms with E-state index in [1.807, 2.05) is 31.2 Å². The van der Waals surface area contributed by atoms with Gasteiger partial charge in [0.1, 0.15) is 12.4 Å². The molecule has 0 aliphatic carbocycles. The second kappa shape index (κ2) is 5.48. The summed E-state index contributed by atoms with van der Waals surface area (Å²) in [5.41, 5.74) is 2.07. The molecule has 1 N–H and O–H groups in total. The monoisotopic (exact) mass is 269 g/mol. The van der Waals surface area contributed by atoms with Crippen LogP contribution in [0, 0.1) is 6.92 Å². The average Bonchev–Trinajstić information content (AvgIpc) is 2.30. The minimum atomic E-state index is 0.419. The minimum absolute atomic E-state index is 0.419. The fourth-order valence-electron chi connectivity index (χ4n) is 1.46. The Labute approximate surface area is 111 Å². The molecule has 90 valence electrons. The van der Waals surface area contributed by atoms with Gasteiger partial charge in [0, 0.05) is 5.03 Å². The molecule has 4 heteroatoms. The number of hydrogen-bond acceptors (Lipinski definition) is 2. The van der Waals surface area contributed by atoms with E-state index in [1.54, 1.807) is 6.08 Å². The standard InChI is InChI=1S/C13H13Cl2NO/c1-9-2-4-11(5-3-9)17-8-13-12(15)6-10(14)7-16-13/h2-6,16H,7-8H2,1H3. The molecule has 0 amide bonds. The molecule has 0 saturated heterocycles. The van der Waals surface area contributed by atoms with Crippen molar-refractivity contribution in [2.24, 2.45) is 0 Å². The molecule has 1 aliphatic heterocycles. The molecule has 0 atom stereocenters. The molecule has 0 fully saturated rings. The second-order valence-corrected chi connectivity index (χ2v) is 4.77. The van der Waals surface area contributed by atoms with E-state index in [4.69, 9.17) is 27.9 Å². The first kappa shape index (κ1) is 12.3. The van der Waals surface area contributed by atoms with Gasteiger partial charge >= 0.3 is 0 Å². The highest BCUT2D eigenvalue weighted by atomic mass is 35.5. The quantitative estimate of drug-likeness (QED) is 0.906. The van der Waals surface area contributed by atoms with E-state index in [9.17, 15) is 0 Å². The number of dihydropyridines is 1. The SMILES string of the molecule is Cc1ccc(OCC2=C(Cl)C=C(Cl)CN2)cc1. The third-order valence-corrected chi connectivity index (χ3v) is 3.03. The molecule has 0 spiro atoms. The average molecular weight is 270 g/mol. The summed E-state index contributed by atoms with van der Waals surface area (Å²) in [5, 5.41) is 4.43. The molecule has 0 unspecified atom stereocenters. The molecule has 1 aliphatic rings. The van der Waals surface area contributed by atoms with Crippen molar-refractivity contribution in [3.05, 3.63) is 51.7 Å². The molecule has 2 rings (SSSR count). The Kier molecular flexibility index (Phi) is 3.97. The lowest BCUT2D eigenvalue weighted by Gasteiger charge is -2.17. The van der Waals surface area contributed by atoms with E-state index in [1.165, 1.54) is 5.56 Å². The van der Waals surface area contributed by atoms with Crippen molar-refractivity contribution in [3.8, 4) is 5.75 Å². The van der Waals surface area contributed by atoms with Crippen LogP contribution in [0.3, 0.4) is 0 Å². The topological polar surface area (TPSA) is 21.3 Å². The van der Waals surface area contributed by atoms with Crippen molar-refractivity contribution >= 4 is 23.2 Å². The first-order valence-electron chi connectivity index (χ1n) is 5.33. The maximum atomic E-state index is 6.05. The van der Waals surface area contributed by atoms with Crippen LogP contribution >= 0.6 is 23.2 Å². The maximum absolute atomic E-state index is 6.05. The Bertz CT molecular complexity index is 463. The molecule has 1 heterocycles. The van der Waals surface area contributed by atoms with E-state index >= 15 is 0 Å².